The van der Waals surface area contributed by atoms with Gasteiger partial charge in [-0.2, -0.15) is 0 Å². The van der Waals surface area contributed by atoms with Gasteiger partial charge in [-0.05, 0) is 45.0 Å². The molecule has 0 radical (unpaired) electrons. The van der Waals surface area contributed by atoms with Crippen molar-refractivity contribution in [1.29, 1.82) is 0 Å². The van der Waals surface area contributed by atoms with E-state index in [1.807, 2.05) is 0 Å². The number of hydrogen-bond acceptors (Lipinski definition) is 5. The zero-order chi connectivity index (χ0) is 22.2. The van der Waals surface area contributed by atoms with E-state index in [-0.39, 0.29) is 38.1 Å². The third-order valence-corrected chi connectivity index (χ3v) is 4.58. The fourth-order valence-electron chi connectivity index (χ4n) is 2.68. The summed E-state index contributed by atoms with van der Waals surface area (Å²) >= 11 is 12.5. The predicted molar refractivity (Wildman–Crippen MR) is 117 cm³/mol. The Hall–Kier alpha value is -2.84. The maximum absolute atomic E-state index is 15.0. The van der Waals surface area contributed by atoms with Crippen LogP contribution in [-0.4, -0.2) is 21.2 Å². The quantitative estimate of drug-likeness (QED) is 0.550. The second-order valence-electron chi connectivity index (χ2n) is 7.55. The first kappa shape index (κ1) is 21.9. The highest BCUT2D eigenvalue weighted by molar-refractivity contribution is 6.38. The van der Waals surface area contributed by atoms with Crippen LogP contribution in [0.4, 0.5) is 26.2 Å². The van der Waals surface area contributed by atoms with Crippen LogP contribution in [0.25, 0.3) is 10.9 Å². The molecule has 0 saturated heterocycles. The minimum atomic E-state index is -0.826. The average molecular weight is 453 g/mol. The van der Waals surface area contributed by atoms with Gasteiger partial charge >= 0.3 is 6.09 Å². The Bertz CT molecular complexity index is 1210. The second kappa shape index (κ2) is 8.12. The summed E-state index contributed by atoms with van der Waals surface area (Å²) in [5.41, 5.74) is -0.623. The third-order valence-electron chi connectivity index (χ3n) is 3.97. The van der Waals surface area contributed by atoms with Crippen LogP contribution in [0.1, 0.15) is 20.8 Å². The molecule has 3 rings (SSSR count). The molecule has 0 saturated carbocycles. The van der Waals surface area contributed by atoms with Gasteiger partial charge in [0.1, 0.15) is 5.60 Å². The molecule has 1 heterocycles. The van der Waals surface area contributed by atoms with Crippen LogP contribution in [0.5, 0.6) is 0 Å². The van der Waals surface area contributed by atoms with Crippen molar-refractivity contribution in [2.24, 2.45) is 7.05 Å². The standard InChI is InChI=1S/C20H19Cl2FN4O3/c1-20(2,3)30-19(29)26-14-8-10(21)7-13(17(14)23)25-12-6-5-11-15(16(12)22)18(28)27(4)9-24-11/h5-9,25H,1-4H3,(H,26,29). The van der Waals surface area contributed by atoms with Gasteiger partial charge in [0, 0.05) is 12.1 Å². The molecule has 10 heteroatoms. The van der Waals surface area contributed by atoms with Crippen LogP contribution in [0.2, 0.25) is 10.0 Å². The number of halogens is 3. The van der Waals surface area contributed by atoms with Gasteiger partial charge in [0.2, 0.25) is 0 Å². The highest BCUT2D eigenvalue weighted by Crippen LogP contribution is 2.34. The topological polar surface area (TPSA) is 85.2 Å². The maximum Gasteiger partial charge on any atom is 0.412 e. The average Bonchev–Trinajstić information content (AvgIpc) is 2.62. The molecule has 7 nitrogen and oxygen atoms in total. The van der Waals surface area contributed by atoms with Crippen LogP contribution in [0.15, 0.2) is 35.4 Å². The molecule has 1 aromatic heterocycles. The minimum absolute atomic E-state index is 0.0458. The summed E-state index contributed by atoms with van der Waals surface area (Å²) in [5, 5.41) is 5.61. The Morgan fingerprint density at radius 1 is 1.17 bits per heavy atom. The largest absolute Gasteiger partial charge is 0.444 e. The van der Waals surface area contributed by atoms with E-state index in [0.29, 0.717) is 5.52 Å². The maximum atomic E-state index is 15.0. The van der Waals surface area contributed by atoms with Crippen molar-refractivity contribution in [2.75, 3.05) is 10.6 Å². The van der Waals surface area contributed by atoms with Crippen LogP contribution in [0.3, 0.4) is 0 Å². The van der Waals surface area contributed by atoms with Crippen molar-refractivity contribution in [2.45, 2.75) is 26.4 Å². The van der Waals surface area contributed by atoms with Crippen molar-refractivity contribution in [3.05, 3.63) is 56.8 Å². The van der Waals surface area contributed by atoms with Crippen LogP contribution in [-0.2, 0) is 11.8 Å². The minimum Gasteiger partial charge on any atom is -0.444 e. The van der Waals surface area contributed by atoms with Crippen molar-refractivity contribution < 1.29 is 13.9 Å². The molecule has 0 aliphatic carbocycles. The number of nitrogens with one attached hydrogen (secondary N) is 2. The van der Waals surface area contributed by atoms with Gasteiger partial charge in [0.25, 0.3) is 5.56 Å². The Kier molecular flexibility index (Phi) is 5.92. The van der Waals surface area contributed by atoms with E-state index in [9.17, 15) is 9.59 Å². The van der Waals surface area contributed by atoms with Crippen molar-refractivity contribution >= 4 is 57.3 Å². The SMILES string of the molecule is Cn1cnc2ccc(Nc3cc(Cl)cc(NC(=O)OC(C)(C)C)c3F)c(Cl)c2c1=O. The van der Waals surface area contributed by atoms with Gasteiger partial charge in [0.15, 0.2) is 5.82 Å². The van der Waals surface area contributed by atoms with E-state index in [1.165, 1.54) is 23.0 Å². The molecule has 0 spiro atoms. The molecule has 0 aliphatic rings. The summed E-state index contributed by atoms with van der Waals surface area (Å²) in [5.74, 6) is -0.777. The number of rotatable bonds is 3. The molecular weight excluding hydrogens is 434 g/mol. The summed E-state index contributed by atoms with van der Waals surface area (Å²) in [4.78, 5) is 28.6. The lowest BCUT2D eigenvalue weighted by atomic mass is 10.2. The van der Waals surface area contributed by atoms with Gasteiger partial charge in [-0.25, -0.2) is 14.2 Å². The first-order valence-corrected chi connectivity index (χ1v) is 9.62. The number of carbonyl (C=O) groups excluding carboxylic acids is 1. The number of fused-ring (bicyclic) bond motifs is 1. The number of benzene rings is 2. The van der Waals surface area contributed by atoms with Crippen LogP contribution < -0.4 is 16.2 Å². The molecule has 2 N–H and O–H groups in total. The van der Waals surface area contributed by atoms with Crippen molar-refractivity contribution in [3.63, 3.8) is 0 Å². The van der Waals surface area contributed by atoms with Gasteiger partial charge in [-0.3, -0.25) is 10.1 Å². The smallest absolute Gasteiger partial charge is 0.412 e. The lowest BCUT2D eigenvalue weighted by Crippen LogP contribution is -2.27. The lowest BCUT2D eigenvalue weighted by Gasteiger charge is -2.20. The molecule has 30 heavy (non-hydrogen) atoms. The molecule has 0 bridgehead atoms. The summed E-state index contributed by atoms with van der Waals surface area (Å²) in [6.45, 7) is 5.07. The number of ether oxygens (including phenoxy) is 1. The summed E-state index contributed by atoms with van der Waals surface area (Å²) in [6.07, 6.45) is 0.562. The van der Waals surface area contributed by atoms with E-state index in [0.717, 1.165) is 0 Å². The van der Waals surface area contributed by atoms with E-state index in [4.69, 9.17) is 27.9 Å². The fourth-order valence-corrected chi connectivity index (χ4v) is 3.19. The first-order chi connectivity index (χ1) is 14.0. The summed E-state index contributed by atoms with van der Waals surface area (Å²) in [6, 6.07) is 5.75. The van der Waals surface area contributed by atoms with E-state index in [2.05, 4.69) is 15.6 Å². The van der Waals surface area contributed by atoms with E-state index >= 15 is 4.39 Å². The predicted octanol–water partition coefficient (Wildman–Crippen LogP) is 5.47. The molecule has 3 aromatic rings. The number of carbonyl (C=O) groups is 1. The molecule has 0 aliphatic heterocycles. The van der Waals surface area contributed by atoms with Crippen LogP contribution >= 0.6 is 23.2 Å². The number of aromatic nitrogens is 2. The fraction of sp³-hybridized carbons (Fsp3) is 0.250. The Morgan fingerprint density at radius 2 is 1.83 bits per heavy atom. The normalized spacial score (nSPS) is 11.4. The molecule has 2 aromatic carbocycles. The van der Waals surface area contributed by atoms with Gasteiger partial charge in [-0.15, -0.1) is 0 Å². The van der Waals surface area contributed by atoms with Gasteiger partial charge in [-0.1, -0.05) is 23.2 Å². The van der Waals surface area contributed by atoms with Crippen molar-refractivity contribution in [1.82, 2.24) is 9.55 Å². The second-order valence-corrected chi connectivity index (χ2v) is 8.36. The number of amides is 1. The highest BCUT2D eigenvalue weighted by Gasteiger charge is 2.20. The first-order valence-electron chi connectivity index (χ1n) is 8.86. The number of anilines is 3. The Morgan fingerprint density at radius 3 is 2.50 bits per heavy atom. The third kappa shape index (κ3) is 4.66. The molecule has 158 valence electrons. The number of aryl methyl sites for hydroxylation is 1. The summed E-state index contributed by atoms with van der Waals surface area (Å²) in [7, 11) is 1.55. The molecule has 1 amide bonds. The highest BCUT2D eigenvalue weighted by atomic mass is 35.5. The molecule has 0 unspecified atom stereocenters. The summed E-state index contributed by atoms with van der Waals surface area (Å²) < 4.78 is 21.4. The lowest BCUT2D eigenvalue weighted by molar-refractivity contribution is 0.0635. The van der Waals surface area contributed by atoms with Gasteiger partial charge < -0.3 is 14.6 Å². The van der Waals surface area contributed by atoms with Crippen LogP contribution in [0, 0.1) is 5.82 Å². The zero-order valence-electron chi connectivity index (χ0n) is 16.6. The number of nitrogens with zero attached hydrogens (tertiary/aromatic N) is 2. The Balaban J connectivity index is 1.99. The van der Waals surface area contributed by atoms with E-state index in [1.54, 1.807) is 40.0 Å². The van der Waals surface area contributed by atoms with Gasteiger partial charge in [0.05, 0.1) is 39.3 Å². The van der Waals surface area contributed by atoms with E-state index < -0.39 is 17.5 Å². The molecular formula is C20H19Cl2FN4O3. The Labute approximate surface area is 181 Å². The molecule has 0 fully saturated rings. The molecule has 0 atom stereocenters. The van der Waals surface area contributed by atoms with Crippen molar-refractivity contribution in [3.8, 4) is 0 Å². The number of hydrogen-bond donors (Lipinski definition) is 2. The zero-order valence-corrected chi connectivity index (χ0v) is 18.2. The monoisotopic (exact) mass is 452 g/mol.